The molecule has 118 valence electrons. The summed E-state index contributed by atoms with van der Waals surface area (Å²) in [4.78, 5) is 23.0. The van der Waals surface area contributed by atoms with Crippen LogP contribution in [-0.2, 0) is 0 Å². The minimum absolute atomic E-state index is 0.0231. The Bertz CT molecular complexity index is 899. The minimum atomic E-state index is -0.0393. The number of hydrogen-bond donors (Lipinski definition) is 0. The lowest BCUT2D eigenvalue weighted by atomic mass is 10.0. The van der Waals surface area contributed by atoms with Crippen LogP contribution in [0.1, 0.15) is 31.9 Å². The smallest absolute Gasteiger partial charge is 0.226 e. The summed E-state index contributed by atoms with van der Waals surface area (Å²) in [7, 11) is 0. The average Bonchev–Trinajstić information content (AvgIpc) is 2.82. The zero-order valence-electron chi connectivity index (χ0n) is 13.6. The van der Waals surface area contributed by atoms with Gasteiger partial charge in [-0.15, -0.1) is 11.3 Å². The highest BCUT2D eigenvalue weighted by molar-refractivity contribution is 7.18. The van der Waals surface area contributed by atoms with Gasteiger partial charge in [0, 0.05) is 10.4 Å². The summed E-state index contributed by atoms with van der Waals surface area (Å²) in [6.45, 7) is 7.96. The molecule has 5 heteroatoms. The second-order valence-corrected chi connectivity index (χ2v) is 6.88. The first kappa shape index (κ1) is 15.6. The molecule has 1 aromatic carbocycles. The summed E-state index contributed by atoms with van der Waals surface area (Å²) < 4.78 is 5.73. The fourth-order valence-electron chi connectivity index (χ4n) is 2.51. The zero-order chi connectivity index (χ0) is 16.6. The molecular weight excluding hydrogens is 308 g/mol. The van der Waals surface area contributed by atoms with Crippen LogP contribution in [0.5, 0.6) is 5.88 Å². The number of carbonyl (C=O) groups is 1. The number of carbonyl (C=O) groups excluding carboxylic acids is 1. The van der Waals surface area contributed by atoms with Crippen molar-refractivity contribution in [1.29, 1.82) is 0 Å². The standard InChI is InChI=1S/C18H18N2O2S/c1-10-5-6-11(2)14(7-10)15(21)8-22-17-16-12(3)13(4)23-18(16)20-9-19-17/h5-7,9H,8H2,1-4H3. The van der Waals surface area contributed by atoms with E-state index < -0.39 is 0 Å². The van der Waals surface area contributed by atoms with E-state index >= 15 is 0 Å². The van der Waals surface area contributed by atoms with Crippen molar-refractivity contribution < 1.29 is 9.53 Å². The van der Waals surface area contributed by atoms with Crippen molar-refractivity contribution in [3.05, 3.63) is 51.7 Å². The van der Waals surface area contributed by atoms with E-state index in [1.54, 1.807) is 11.3 Å². The highest BCUT2D eigenvalue weighted by Crippen LogP contribution is 2.33. The zero-order valence-corrected chi connectivity index (χ0v) is 14.5. The number of aromatic nitrogens is 2. The van der Waals surface area contributed by atoms with Crippen molar-refractivity contribution >= 4 is 27.3 Å². The second kappa shape index (κ2) is 6.08. The Labute approximate surface area is 139 Å². The van der Waals surface area contributed by atoms with E-state index in [-0.39, 0.29) is 12.4 Å². The molecule has 0 unspecified atom stereocenters. The van der Waals surface area contributed by atoms with E-state index in [1.807, 2.05) is 45.9 Å². The first-order chi connectivity index (χ1) is 11.0. The molecule has 0 saturated carbocycles. The Balaban J connectivity index is 1.86. The van der Waals surface area contributed by atoms with Gasteiger partial charge < -0.3 is 4.74 Å². The van der Waals surface area contributed by atoms with Crippen LogP contribution in [0.25, 0.3) is 10.2 Å². The van der Waals surface area contributed by atoms with Crippen molar-refractivity contribution in [2.45, 2.75) is 27.7 Å². The second-order valence-electron chi connectivity index (χ2n) is 5.67. The number of hydrogen-bond acceptors (Lipinski definition) is 5. The lowest BCUT2D eigenvalue weighted by Crippen LogP contribution is -2.14. The molecule has 0 atom stereocenters. The number of ketones is 1. The van der Waals surface area contributed by atoms with Gasteiger partial charge in [-0.05, 0) is 44.9 Å². The lowest BCUT2D eigenvalue weighted by molar-refractivity contribution is 0.0918. The van der Waals surface area contributed by atoms with E-state index in [4.69, 9.17) is 4.74 Å². The molecule has 2 heterocycles. The fraction of sp³-hybridized carbons (Fsp3) is 0.278. The van der Waals surface area contributed by atoms with Crippen LogP contribution in [0.3, 0.4) is 0 Å². The monoisotopic (exact) mass is 326 g/mol. The highest BCUT2D eigenvalue weighted by atomic mass is 32.1. The van der Waals surface area contributed by atoms with E-state index in [9.17, 15) is 4.79 Å². The topological polar surface area (TPSA) is 52.1 Å². The van der Waals surface area contributed by atoms with E-state index in [0.29, 0.717) is 11.4 Å². The maximum atomic E-state index is 12.5. The molecule has 2 aromatic heterocycles. The molecule has 0 N–H and O–H groups in total. The molecule has 0 aliphatic rings. The quantitative estimate of drug-likeness (QED) is 0.675. The molecule has 0 saturated heterocycles. The number of benzene rings is 1. The molecule has 0 spiro atoms. The number of thiophene rings is 1. The van der Waals surface area contributed by atoms with Crippen molar-refractivity contribution in [2.24, 2.45) is 0 Å². The number of Topliss-reactive ketones (excluding diaryl/α,β-unsaturated/α-hetero) is 1. The molecular formula is C18H18N2O2S. The Morgan fingerprint density at radius 3 is 2.74 bits per heavy atom. The molecule has 4 nitrogen and oxygen atoms in total. The largest absolute Gasteiger partial charge is 0.469 e. The van der Waals surface area contributed by atoms with E-state index in [2.05, 4.69) is 9.97 Å². The molecule has 3 aromatic rings. The molecule has 0 bridgehead atoms. The predicted molar refractivity (Wildman–Crippen MR) is 92.6 cm³/mol. The van der Waals surface area contributed by atoms with Crippen LogP contribution in [0.2, 0.25) is 0 Å². The number of nitrogens with zero attached hydrogens (tertiary/aromatic N) is 2. The fourth-order valence-corrected chi connectivity index (χ4v) is 3.49. The molecule has 0 aliphatic carbocycles. The van der Waals surface area contributed by atoms with E-state index in [1.165, 1.54) is 11.2 Å². The van der Waals surface area contributed by atoms with Crippen LogP contribution in [0.15, 0.2) is 24.5 Å². The molecule has 23 heavy (non-hydrogen) atoms. The summed E-state index contributed by atoms with van der Waals surface area (Å²) in [6, 6.07) is 5.85. The highest BCUT2D eigenvalue weighted by Gasteiger charge is 2.15. The van der Waals surface area contributed by atoms with Gasteiger partial charge in [0.25, 0.3) is 0 Å². The minimum Gasteiger partial charge on any atom is -0.469 e. The summed E-state index contributed by atoms with van der Waals surface area (Å²) in [5.41, 5.74) is 3.83. The van der Waals surface area contributed by atoms with E-state index in [0.717, 1.165) is 26.9 Å². The third-order valence-electron chi connectivity index (χ3n) is 3.96. The molecule has 0 fully saturated rings. The van der Waals surface area contributed by atoms with Crippen molar-refractivity contribution in [1.82, 2.24) is 9.97 Å². The van der Waals surface area contributed by atoms with Gasteiger partial charge in [0.2, 0.25) is 11.7 Å². The van der Waals surface area contributed by atoms with Crippen molar-refractivity contribution in [2.75, 3.05) is 6.61 Å². The normalized spacial score (nSPS) is 11.0. The number of aryl methyl sites for hydroxylation is 4. The number of rotatable bonds is 4. The maximum Gasteiger partial charge on any atom is 0.226 e. The van der Waals surface area contributed by atoms with Crippen LogP contribution >= 0.6 is 11.3 Å². The molecule has 0 radical (unpaired) electrons. The summed E-state index contributed by atoms with van der Waals surface area (Å²) in [6.07, 6.45) is 1.48. The molecule has 0 aliphatic heterocycles. The average molecular weight is 326 g/mol. The van der Waals surface area contributed by atoms with Gasteiger partial charge in [-0.3, -0.25) is 4.79 Å². The maximum absolute atomic E-state index is 12.5. The third kappa shape index (κ3) is 2.97. The number of fused-ring (bicyclic) bond motifs is 1. The first-order valence-corrected chi connectivity index (χ1v) is 8.23. The summed E-state index contributed by atoms with van der Waals surface area (Å²) >= 11 is 1.61. The van der Waals surface area contributed by atoms with Gasteiger partial charge >= 0.3 is 0 Å². The summed E-state index contributed by atoms with van der Waals surface area (Å²) in [5.74, 6) is 0.443. The van der Waals surface area contributed by atoms with Crippen LogP contribution < -0.4 is 4.74 Å². The van der Waals surface area contributed by atoms with Gasteiger partial charge in [-0.2, -0.15) is 0 Å². The number of ether oxygens (including phenoxy) is 1. The summed E-state index contributed by atoms with van der Waals surface area (Å²) in [5, 5.41) is 0.906. The third-order valence-corrected chi connectivity index (χ3v) is 5.08. The Kier molecular flexibility index (Phi) is 4.13. The van der Waals surface area contributed by atoms with Crippen molar-refractivity contribution in [3.63, 3.8) is 0 Å². The lowest BCUT2D eigenvalue weighted by Gasteiger charge is -2.08. The first-order valence-electron chi connectivity index (χ1n) is 7.41. The van der Waals surface area contributed by atoms with Gasteiger partial charge in [-0.25, -0.2) is 9.97 Å². The molecule has 3 rings (SSSR count). The Morgan fingerprint density at radius 2 is 1.96 bits per heavy atom. The SMILES string of the molecule is Cc1ccc(C)c(C(=O)COc2ncnc3sc(C)c(C)c23)c1. The van der Waals surface area contributed by atoms with Gasteiger partial charge in [0.05, 0.1) is 5.39 Å². The van der Waals surface area contributed by atoms with Crippen LogP contribution in [0, 0.1) is 27.7 Å². The van der Waals surface area contributed by atoms with Crippen LogP contribution in [-0.4, -0.2) is 22.4 Å². The van der Waals surface area contributed by atoms with Crippen LogP contribution in [0.4, 0.5) is 0 Å². The Hall–Kier alpha value is -2.27. The van der Waals surface area contributed by atoms with Gasteiger partial charge in [-0.1, -0.05) is 17.7 Å². The van der Waals surface area contributed by atoms with Gasteiger partial charge in [0.15, 0.2) is 6.61 Å². The molecule has 0 amide bonds. The Morgan fingerprint density at radius 1 is 1.17 bits per heavy atom. The van der Waals surface area contributed by atoms with Crippen molar-refractivity contribution in [3.8, 4) is 5.88 Å². The van der Waals surface area contributed by atoms with Gasteiger partial charge in [0.1, 0.15) is 11.2 Å². The predicted octanol–water partition coefficient (Wildman–Crippen LogP) is 4.19.